The van der Waals surface area contributed by atoms with Gasteiger partial charge in [0.2, 0.25) is 0 Å². The molecular weight excluding hydrogens is 298 g/mol. The van der Waals surface area contributed by atoms with Crippen LogP contribution in [0.5, 0.6) is 0 Å². The molecule has 0 spiro atoms. The highest BCUT2D eigenvalue weighted by atomic mass is 15.3. The summed E-state index contributed by atoms with van der Waals surface area (Å²) in [6.07, 6.45) is 5.34. The fourth-order valence-corrected chi connectivity index (χ4v) is 3.78. The zero-order chi connectivity index (χ0) is 17.4. The van der Waals surface area contributed by atoms with Crippen LogP contribution in [-0.4, -0.2) is 74.2 Å². The van der Waals surface area contributed by atoms with Crippen molar-refractivity contribution in [1.29, 1.82) is 0 Å². The van der Waals surface area contributed by atoms with Crippen LogP contribution in [-0.2, 0) is 0 Å². The monoisotopic (exact) mass is 337 g/mol. The third-order valence-corrected chi connectivity index (χ3v) is 6.12. The molecule has 1 atom stereocenters. The Balaban J connectivity index is 1.78. The lowest BCUT2D eigenvalue weighted by Gasteiger charge is -2.40. The normalized spacial score (nSPS) is 23.6. The molecule has 1 aliphatic carbocycles. The Hall–Kier alpha value is -0.810. The van der Waals surface area contributed by atoms with Gasteiger partial charge in [-0.3, -0.25) is 9.89 Å². The molecule has 0 aromatic carbocycles. The lowest BCUT2D eigenvalue weighted by molar-refractivity contribution is 0.107. The van der Waals surface area contributed by atoms with Crippen LogP contribution in [0.1, 0.15) is 53.4 Å². The Kier molecular flexibility index (Phi) is 7.82. The molecule has 2 aliphatic rings. The van der Waals surface area contributed by atoms with E-state index in [4.69, 9.17) is 4.99 Å². The van der Waals surface area contributed by atoms with Gasteiger partial charge in [-0.2, -0.15) is 0 Å². The molecule has 0 bridgehead atoms. The van der Waals surface area contributed by atoms with Crippen molar-refractivity contribution in [1.82, 2.24) is 20.4 Å². The predicted octanol–water partition coefficient (Wildman–Crippen LogP) is 2.15. The van der Waals surface area contributed by atoms with Gasteiger partial charge in [-0.1, -0.05) is 20.3 Å². The summed E-state index contributed by atoms with van der Waals surface area (Å²) in [6.45, 7) is 17.9. The van der Waals surface area contributed by atoms with Gasteiger partial charge in [-0.25, -0.2) is 0 Å². The second kappa shape index (κ2) is 9.62. The third-order valence-electron chi connectivity index (χ3n) is 6.12. The maximum atomic E-state index is 4.89. The Morgan fingerprint density at radius 3 is 2.29 bits per heavy atom. The minimum absolute atomic E-state index is 0.491. The predicted molar refractivity (Wildman–Crippen MR) is 104 cm³/mol. The fraction of sp³-hybridized carbons (Fsp3) is 0.947. The highest BCUT2D eigenvalue weighted by molar-refractivity contribution is 5.79. The van der Waals surface area contributed by atoms with Gasteiger partial charge in [0.25, 0.3) is 0 Å². The van der Waals surface area contributed by atoms with E-state index >= 15 is 0 Å². The first-order valence-corrected chi connectivity index (χ1v) is 10.1. The van der Waals surface area contributed by atoms with Crippen molar-refractivity contribution in [2.75, 3.05) is 52.4 Å². The standard InChI is InChI=1S/C19H39N5/c1-5-19(9-8-10-19)16-22-18(20-6-2)21-15-17(4)24-13-11-23(7-3)12-14-24/h17H,5-16H2,1-4H3,(H2,20,21,22). The third kappa shape index (κ3) is 5.35. The van der Waals surface area contributed by atoms with Crippen molar-refractivity contribution in [2.45, 2.75) is 59.4 Å². The molecule has 0 aromatic rings. The van der Waals surface area contributed by atoms with Crippen molar-refractivity contribution >= 4 is 5.96 Å². The smallest absolute Gasteiger partial charge is 0.191 e. The second-order valence-electron chi connectivity index (χ2n) is 7.60. The molecular formula is C19H39N5. The summed E-state index contributed by atoms with van der Waals surface area (Å²) >= 11 is 0. The van der Waals surface area contributed by atoms with Gasteiger partial charge in [0.1, 0.15) is 0 Å². The number of hydrogen-bond donors (Lipinski definition) is 2. The molecule has 1 heterocycles. The van der Waals surface area contributed by atoms with Crippen molar-refractivity contribution in [2.24, 2.45) is 10.4 Å². The largest absolute Gasteiger partial charge is 0.357 e. The lowest BCUT2D eigenvalue weighted by atomic mass is 9.67. The van der Waals surface area contributed by atoms with E-state index in [1.54, 1.807) is 0 Å². The van der Waals surface area contributed by atoms with E-state index in [0.29, 0.717) is 11.5 Å². The molecule has 0 radical (unpaired) electrons. The molecule has 0 aromatic heterocycles. The average Bonchev–Trinajstić information content (AvgIpc) is 2.58. The Labute approximate surface area is 149 Å². The summed E-state index contributed by atoms with van der Waals surface area (Å²) in [5.41, 5.74) is 0.491. The van der Waals surface area contributed by atoms with Crippen molar-refractivity contribution in [3.05, 3.63) is 0 Å². The number of guanidine groups is 1. The second-order valence-corrected chi connectivity index (χ2v) is 7.60. The molecule has 1 unspecified atom stereocenters. The van der Waals surface area contributed by atoms with E-state index in [1.807, 2.05) is 0 Å². The molecule has 2 fully saturated rings. The summed E-state index contributed by atoms with van der Waals surface area (Å²) in [5, 5.41) is 6.99. The van der Waals surface area contributed by atoms with Gasteiger partial charge >= 0.3 is 0 Å². The molecule has 5 heteroatoms. The molecule has 5 nitrogen and oxygen atoms in total. The van der Waals surface area contributed by atoms with Crippen LogP contribution in [0.15, 0.2) is 4.99 Å². The Morgan fingerprint density at radius 2 is 1.79 bits per heavy atom. The first-order valence-electron chi connectivity index (χ1n) is 10.1. The quantitative estimate of drug-likeness (QED) is 0.526. The Bertz CT molecular complexity index is 378. The number of aliphatic imine (C=N–C) groups is 1. The molecule has 24 heavy (non-hydrogen) atoms. The van der Waals surface area contributed by atoms with Gasteiger partial charge in [0.15, 0.2) is 5.96 Å². The number of likely N-dealkylation sites (N-methyl/N-ethyl adjacent to an activating group) is 1. The number of nitrogens with zero attached hydrogens (tertiary/aromatic N) is 3. The maximum Gasteiger partial charge on any atom is 0.191 e. The van der Waals surface area contributed by atoms with Crippen LogP contribution < -0.4 is 10.6 Å². The van der Waals surface area contributed by atoms with Gasteiger partial charge in [0, 0.05) is 51.9 Å². The van der Waals surface area contributed by atoms with E-state index in [1.165, 1.54) is 58.4 Å². The fourth-order valence-electron chi connectivity index (χ4n) is 3.78. The lowest BCUT2D eigenvalue weighted by Crippen LogP contribution is -2.53. The topological polar surface area (TPSA) is 42.9 Å². The van der Waals surface area contributed by atoms with Crippen LogP contribution in [0, 0.1) is 5.41 Å². The summed E-state index contributed by atoms with van der Waals surface area (Å²) in [5.74, 6) is 0.997. The zero-order valence-electron chi connectivity index (χ0n) is 16.4. The molecule has 1 saturated carbocycles. The van der Waals surface area contributed by atoms with Crippen LogP contribution in [0.3, 0.4) is 0 Å². The summed E-state index contributed by atoms with van der Waals surface area (Å²) in [7, 11) is 0. The van der Waals surface area contributed by atoms with Gasteiger partial charge in [-0.15, -0.1) is 0 Å². The summed E-state index contributed by atoms with van der Waals surface area (Å²) in [6, 6.07) is 0.553. The minimum atomic E-state index is 0.491. The van der Waals surface area contributed by atoms with Gasteiger partial charge in [-0.05, 0) is 45.1 Å². The molecule has 2 N–H and O–H groups in total. The van der Waals surface area contributed by atoms with Crippen molar-refractivity contribution in [3.8, 4) is 0 Å². The molecule has 140 valence electrons. The van der Waals surface area contributed by atoms with Crippen LogP contribution in [0.2, 0.25) is 0 Å². The number of hydrogen-bond acceptors (Lipinski definition) is 3. The van der Waals surface area contributed by atoms with Crippen LogP contribution in [0.4, 0.5) is 0 Å². The van der Waals surface area contributed by atoms with E-state index in [9.17, 15) is 0 Å². The minimum Gasteiger partial charge on any atom is -0.357 e. The zero-order valence-corrected chi connectivity index (χ0v) is 16.4. The molecule has 0 amide bonds. The first-order chi connectivity index (χ1) is 11.6. The highest BCUT2D eigenvalue weighted by Crippen LogP contribution is 2.43. The van der Waals surface area contributed by atoms with E-state index in [-0.39, 0.29) is 0 Å². The first kappa shape index (κ1) is 19.5. The average molecular weight is 338 g/mol. The van der Waals surface area contributed by atoms with Gasteiger partial charge < -0.3 is 15.5 Å². The van der Waals surface area contributed by atoms with E-state index < -0.39 is 0 Å². The van der Waals surface area contributed by atoms with Crippen LogP contribution in [0.25, 0.3) is 0 Å². The Morgan fingerprint density at radius 1 is 1.08 bits per heavy atom. The van der Waals surface area contributed by atoms with Crippen molar-refractivity contribution in [3.63, 3.8) is 0 Å². The van der Waals surface area contributed by atoms with Crippen molar-refractivity contribution < 1.29 is 0 Å². The summed E-state index contributed by atoms with van der Waals surface area (Å²) in [4.78, 5) is 10.0. The maximum absolute atomic E-state index is 4.89. The number of piperazine rings is 1. The van der Waals surface area contributed by atoms with Crippen LogP contribution >= 0.6 is 0 Å². The number of nitrogens with one attached hydrogen (secondary N) is 2. The van der Waals surface area contributed by atoms with E-state index in [2.05, 4.69) is 48.1 Å². The molecule has 1 aliphatic heterocycles. The summed E-state index contributed by atoms with van der Waals surface area (Å²) < 4.78 is 0. The van der Waals surface area contributed by atoms with E-state index in [0.717, 1.165) is 25.6 Å². The molecule has 2 rings (SSSR count). The SMILES string of the molecule is CCNC(=NCC1(CC)CCC1)NCC(C)N1CCN(CC)CC1. The molecule has 1 saturated heterocycles. The highest BCUT2D eigenvalue weighted by Gasteiger charge is 2.34. The number of rotatable bonds is 8. The van der Waals surface area contributed by atoms with Gasteiger partial charge in [0.05, 0.1) is 0 Å².